The van der Waals surface area contributed by atoms with Crippen molar-refractivity contribution in [3.05, 3.63) is 12.2 Å². The van der Waals surface area contributed by atoms with Gasteiger partial charge in [-0.2, -0.15) is 4.31 Å². The molecule has 4 nitrogen and oxygen atoms in total. The van der Waals surface area contributed by atoms with E-state index in [1.165, 1.54) is 4.31 Å². The molecule has 0 radical (unpaired) electrons. The molecule has 0 rings (SSSR count). The average molecular weight is 220 g/mol. The van der Waals surface area contributed by atoms with Crippen LogP contribution >= 0.6 is 0 Å². The number of hydrogen-bond acceptors (Lipinski definition) is 3. The Balaban J connectivity index is 4.41. The number of nitrogens with two attached hydrogens (primary N) is 1. The van der Waals surface area contributed by atoms with Gasteiger partial charge >= 0.3 is 0 Å². The number of nitrogens with zero attached hydrogens (tertiary/aromatic N) is 1. The van der Waals surface area contributed by atoms with Crippen LogP contribution in [0.25, 0.3) is 0 Å². The molecule has 14 heavy (non-hydrogen) atoms. The number of rotatable bonds is 7. The Hall–Kier alpha value is -0.390. The van der Waals surface area contributed by atoms with Gasteiger partial charge in [0, 0.05) is 13.1 Å². The summed E-state index contributed by atoms with van der Waals surface area (Å²) in [6.07, 6.45) is 0.509. The van der Waals surface area contributed by atoms with Gasteiger partial charge in [-0.1, -0.05) is 19.1 Å². The van der Waals surface area contributed by atoms with E-state index in [4.69, 9.17) is 5.73 Å². The van der Waals surface area contributed by atoms with E-state index in [2.05, 4.69) is 6.58 Å². The van der Waals surface area contributed by atoms with Gasteiger partial charge in [-0.25, -0.2) is 8.42 Å². The normalized spacial score (nSPS) is 12.0. The van der Waals surface area contributed by atoms with Gasteiger partial charge in [0.2, 0.25) is 10.0 Å². The highest BCUT2D eigenvalue weighted by molar-refractivity contribution is 7.89. The number of likely N-dealkylation sites (N-methyl/N-ethyl adjacent to an activating group) is 1. The monoisotopic (exact) mass is 220 g/mol. The average Bonchev–Trinajstić information content (AvgIpc) is 2.10. The minimum atomic E-state index is -3.14. The summed E-state index contributed by atoms with van der Waals surface area (Å²) in [7, 11) is -3.14. The third-order valence-corrected chi connectivity index (χ3v) is 3.78. The first-order valence-corrected chi connectivity index (χ1v) is 6.37. The fourth-order valence-corrected chi connectivity index (χ4v) is 2.70. The smallest absolute Gasteiger partial charge is 0.214 e. The molecule has 0 aromatic rings. The first kappa shape index (κ1) is 13.6. The van der Waals surface area contributed by atoms with E-state index in [9.17, 15) is 8.42 Å². The lowest BCUT2D eigenvalue weighted by atomic mass is 10.3. The topological polar surface area (TPSA) is 63.4 Å². The second-order valence-corrected chi connectivity index (χ2v) is 5.43. The van der Waals surface area contributed by atoms with Crippen molar-refractivity contribution in [1.29, 1.82) is 0 Å². The molecule has 0 saturated heterocycles. The first-order chi connectivity index (χ1) is 6.44. The van der Waals surface area contributed by atoms with Crippen LogP contribution in [-0.2, 0) is 10.0 Å². The van der Waals surface area contributed by atoms with Crippen LogP contribution in [0, 0.1) is 0 Å². The Morgan fingerprint density at radius 1 is 1.50 bits per heavy atom. The van der Waals surface area contributed by atoms with Gasteiger partial charge in [0.15, 0.2) is 0 Å². The maximum atomic E-state index is 11.7. The molecular formula is C9H20N2O2S. The van der Waals surface area contributed by atoms with Gasteiger partial charge in [0.05, 0.1) is 5.75 Å². The van der Waals surface area contributed by atoms with Gasteiger partial charge in [-0.05, 0) is 19.9 Å². The van der Waals surface area contributed by atoms with Crippen molar-refractivity contribution in [1.82, 2.24) is 4.31 Å². The van der Waals surface area contributed by atoms with E-state index in [0.29, 0.717) is 26.1 Å². The van der Waals surface area contributed by atoms with E-state index in [0.717, 1.165) is 5.57 Å². The van der Waals surface area contributed by atoms with Gasteiger partial charge < -0.3 is 5.73 Å². The van der Waals surface area contributed by atoms with Crippen molar-refractivity contribution in [2.45, 2.75) is 20.3 Å². The molecule has 0 heterocycles. The van der Waals surface area contributed by atoms with Gasteiger partial charge in [-0.3, -0.25) is 0 Å². The fourth-order valence-electron chi connectivity index (χ4n) is 1.10. The highest BCUT2D eigenvalue weighted by Crippen LogP contribution is 2.05. The van der Waals surface area contributed by atoms with Crippen LogP contribution in [0.1, 0.15) is 20.3 Å². The number of hydrogen-bond donors (Lipinski definition) is 1. The quantitative estimate of drug-likeness (QED) is 0.638. The zero-order valence-electron chi connectivity index (χ0n) is 8.99. The van der Waals surface area contributed by atoms with Gasteiger partial charge in [0.25, 0.3) is 0 Å². The molecule has 0 aromatic carbocycles. The Morgan fingerprint density at radius 2 is 2.07 bits per heavy atom. The fraction of sp³-hybridized carbons (Fsp3) is 0.778. The van der Waals surface area contributed by atoms with E-state index in [1.54, 1.807) is 0 Å². The van der Waals surface area contributed by atoms with Crippen LogP contribution in [0.4, 0.5) is 0 Å². The highest BCUT2D eigenvalue weighted by atomic mass is 32.2. The molecule has 0 aromatic heterocycles. The van der Waals surface area contributed by atoms with Crippen LogP contribution in [0.2, 0.25) is 0 Å². The molecule has 0 aliphatic rings. The second-order valence-electron chi connectivity index (χ2n) is 3.34. The van der Waals surface area contributed by atoms with Gasteiger partial charge in [0.1, 0.15) is 0 Å². The molecule has 0 aliphatic heterocycles. The molecule has 84 valence electrons. The van der Waals surface area contributed by atoms with Crippen molar-refractivity contribution in [3.8, 4) is 0 Å². The Bertz CT molecular complexity index is 273. The lowest BCUT2D eigenvalue weighted by Gasteiger charge is -2.20. The molecule has 2 N–H and O–H groups in total. The van der Waals surface area contributed by atoms with E-state index in [-0.39, 0.29) is 5.75 Å². The van der Waals surface area contributed by atoms with Crippen molar-refractivity contribution in [2.24, 2.45) is 5.73 Å². The summed E-state index contributed by atoms with van der Waals surface area (Å²) in [5.74, 6) is 0.130. The molecule has 0 atom stereocenters. The van der Waals surface area contributed by atoms with Crippen molar-refractivity contribution in [2.75, 3.05) is 25.4 Å². The third-order valence-electron chi connectivity index (χ3n) is 1.80. The van der Waals surface area contributed by atoms with Crippen LogP contribution in [0.15, 0.2) is 12.2 Å². The summed E-state index contributed by atoms with van der Waals surface area (Å²) in [6.45, 7) is 8.65. The summed E-state index contributed by atoms with van der Waals surface area (Å²) in [4.78, 5) is 0. The summed E-state index contributed by atoms with van der Waals surface area (Å²) in [5, 5.41) is 0. The molecule has 0 spiro atoms. The van der Waals surface area contributed by atoms with Crippen LogP contribution in [-0.4, -0.2) is 38.1 Å². The minimum absolute atomic E-state index is 0.130. The lowest BCUT2D eigenvalue weighted by Crippen LogP contribution is -2.34. The van der Waals surface area contributed by atoms with E-state index >= 15 is 0 Å². The van der Waals surface area contributed by atoms with Gasteiger partial charge in [-0.15, -0.1) is 0 Å². The molecule has 0 saturated carbocycles. The van der Waals surface area contributed by atoms with Crippen LogP contribution in [0.3, 0.4) is 0 Å². The minimum Gasteiger partial charge on any atom is -0.330 e. The van der Waals surface area contributed by atoms with Crippen molar-refractivity contribution < 1.29 is 8.42 Å². The predicted octanol–water partition coefficient (Wildman–Crippen LogP) is 0.563. The standard InChI is InChI=1S/C9H20N2O2S/c1-4-11(8-9(2)3)14(12,13)7-5-6-10/h2,4-8,10H2,1,3H3. The zero-order valence-corrected chi connectivity index (χ0v) is 9.81. The maximum absolute atomic E-state index is 11.7. The Labute approximate surface area is 86.8 Å². The lowest BCUT2D eigenvalue weighted by molar-refractivity contribution is 0.452. The molecule has 5 heteroatoms. The Kier molecular flexibility index (Phi) is 5.99. The van der Waals surface area contributed by atoms with E-state index < -0.39 is 10.0 Å². The second kappa shape index (κ2) is 6.16. The van der Waals surface area contributed by atoms with Crippen LogP contribution in [0.5, 0.6) is 0 Å². The summed E-state index contributed by atoms with van der Waals surface area (Å²) in [6, 6.07) is 0. The molecule has 0 bridgehead atoms. The molecule has 0 aliphatic carbocycles. The SMILES string of the molecule is C=C(C)CN(CC)S(=O)(=O)CCCN. The molecule has 0 unspecified atom stereocenters. The summed E-state index contributed by atoms with van der Waals surface area (Å²) in [5.41, 5.74) is 6.13. The molecule has 0 amide bonds. The maximum Gasteiger partial charge on any atom is 0.214 e. The zero-order chi connectivity index (χ0) is 11.2. The largest absolute Gasteiger partial charge is 0.330 e. The highest BCUT2D eigenvalue weighted by Gasteiger charge is 2.19. The summed E-state index contributed by atoms with van der Waals surface area (Å²) >= 11 is 0. The van der Waals surface area contributed by atoms with E-state index in [1.807, 2.05) is 13.8 Å². The number of sulfonamides is 1. The van der Waals surface area contributed by atoms with Crippen molar-refractivity contribution in [3.63, 3.8) is 0 Å². The van der Waals surface area contributed by atoms with Crippen LogP contribution < -0.4 is 5.73 Å². The Morgan fingerprint density at radius 3 is 2.43 bits per heavy atom. The first-order valence-electron chi connectivity index (χ1n) is 4.76. The molecular weight excluding hydrogens is 200 g/mol. The summed E-state index contributed by atoms with van der Waals surface area (Å²) < 4.78 is 24.8. The third kappa shape index (κ3) is 4.74. The van der Waals surface area contributed by atoms with Crippen molar-refractivity contribution >= 4 is 10.0 Å². The molecule has 0 fully saturated rings. The predicted molar refractivity (Wildman–Crippen MR) is 59.5 cm³/mol.